The van der Waals surface area contributed by atoms with E-state index >= 15 is 0 Å². The minimum absolute atomic E-state index is 0.543. The number of nitrogen functional groups attached to an aromatic ring is 1. The van der Waals surface area contributed by atoms with Gasteiger partial charge in [0.05, 0.1) is 11.9 Å². The number of imidazole rings is 1. The van der Waals surface area contributed by atoms with Crippen molar-refractivity contribution in [2.75, 3.05) is 5.73 Å². The van der Waals surface area contributed by atoms with Crippen LogP contribution in [0.5, 0.6) is 0 Å². The number of anilines is 1. The van der Waals surface area contributed by atoms with Crippen LogP contribution in [-0.2, 0) is 19.6 Å². The maximum absolute atomic E-state index is 6.03. The second-order valence-corrected chi connectivity index (χ2v) is 4.71. The summed E-state index contributed by atoms with van der Waals surface area (Å²) in [6.07, 6.45) is 4.44. The molecule has 2 N–H and O–H groups in total. The quantitative estimate of drug-likeness (QED) is 0.743. The number of fused-ring (bicyclic) bond motifs is 1. The van der Waals surface area contributed by atoms with Crippen LogP contribution >= 0.6 is 0 Å². The summed E-state index contributed by atoms with van der Waals surface area (Å²) in [6.45, 7) is 6.42. The van der Waals surface area contributed by atoms with E-state index in [4.69, 9.17) is 5.73 Å². The first kappa shape index (κ1) is 12.6. The largest absolute Gasteiger partial charge is 0.369 e. The van der Waals surface area contributed by atoms with Gasteiger partial charge in [0.1, 0.15) is 5.52 Å². The Morgan fingerprint density at radius 1 is 1.30 bits per heavy atom. The van der Waals surface area contributed by atoms with Crippen LogP contribution in [0.15, 0.2) is 12.4 Å². The number of rotatable bonds is 5. The van der Waals surface area contributed by atoms with Crippen LogP contribution in [0.25, 0.3) is 11.2 Å². The first-order chi connectivity index (χ1) is 9.70. The van der Waals surface area contributed by atoms with E-state index in [9.17, 15) is 0 Å². The van der Waals surface area contributed by atoms with E-state index in [1.165, 1.54) is 0 Å². The average Bonchev–Trinajstić information content (AvgIpc) is 3.11. The van der Waals surface area contributed by atoms with E-state index in [1.807, 2.05) is 27.1 Å². The Labute approximate surface area is 116 Å². The van der Waals surface area contributed by atoms with Gasteiger partial charge in [-0.2, -0.15) is 5.10 Å². The van der Waals surface area contributed by atoms with Crippen molar-refractivity contribution in [3.63, 3.8) is 0 Å². The van der Waals surface area contributed by atoms with Gasteiger partial charge in [-0.25, -0.2) is 9.67 Å². The Hall–Kier alpha value is -2.38. The highest BCUT2D eigenvalue weighted by Gasteiger charge is 2.16. The molecule has 20 heavy (non-hydrogen) atoms. The van der Waals surface area contributed by atoms with E-state index in [2.05, 4.69) is 27.3 Å². The zero-order valence-electron chi connectivity index (χ0n) is 11.7. The molecule has 0 aliphatic heterocycles. The van der Waals surface area contributed by atoms with Crippen LogP contribution < -0.4 is 5.73 Å². The molecular weight excluding hydrogens is 256 g/mol. The van der Waals surface area contributed by atoms with Crippen LogP contribution in [-0.4, -0.2) is 34.3 Å². The first-order valence-electron chi connectivity index (χ1n) is 6.74. The van der Waals surface area contributed by atoms with Gasteiger partial charge in [0.15, 0.2) is 5.65 Å². The van der Waals surface area contributed by atoms with Gasteiger partial charge in [-0.3, -0.25) is 9.25 Å². The van der Waals surface area contributed by atoms with Gasteiger partial charge in [-0.15, -0.1) is 5.10 Å². The number of aromatic nitrogens is 7. The van der Waals surface area contributed by atoms with Crippen molar-refractivity contribution in [1.82, 2.24) is 34.3 Å². The van der Waals surface area contributed by atoms with Crippen LogP contribution in [0.1, 0.15) is 19.0 Å². The van der Waals surface area contributed by atoms with E-state index < -0.39 is 0 Å². The Balaban J connectivity index is 1.84. The average molecular weight is 274 g/mol. The summed E-state index contributed by atoms with van der Waals surface area (Å²) in [7, 11) is 0. The Kier molecular flexibility index (Phi) is 3.13. The van der Waals surface area contributed by atoms with Crippen molar-refractivity contribution < 1.29 is 0 Å². The highest BCUT2D eigenvalue weighted by atomic mass is 15.4. The minimum Gasteiger partial charge on any atom is -0.369 e. The van der Waals surface area contributed by atoms with Gasteiger partial charge in [0.2, 0.25) is 5.95 Å². The normalized spacial score (nSPS) is 11.5. The van der Waals surface area contributed by atoms with E-state index in [-0.39, 0.29) is 0 Å². The third-order valence-electron chi connectivity index (χ3n) is 3.37. The number of nitrogens with two attached hydrogens (primary N) is 1. The molecule has 0 saturated carbocycles. The SMILES string of the molecule is CCn1nc(C)c2nc(N)n(CCCn3ccnn3)c21. The Morgan fingerprint density at radius 3 is 2.85 bits per heavy atom. The smallest absolute Gasteiger partial charge is 0.202 e. The van der Waals surface area contributed by atoms with Gasteiger partial charge < -0.3 is 5.73 Å². The van der Waals surface area contributed by atoms with Gasteiger partial charge >= 0.3 is 0 Å². The lowest BCUT2D eigenvalue weighted by molar-refractivity contribution is 0.515. The molecule has 8 nitrogen and oxygen atoms in total. The molecule has 3 heterocycles. The number of nitrogens with zero attached hydrogens (tertiary/aromatic N) is 7. The summed E-state index contributed by atoms with van der Waals surface area (Å²) >= 11 is 0. The molecule has 0 spiro atoms. The van der Waals surface area contributed by atoms with Crippen LogP contribution in [0.3, 0.4) is 0 Å². The van der Waals surface area contributed by atoms with Crippen LogP contribution in [0.2, 0.25) is 0 Å². The van der Waals surface area contributed by atoms with Crippen molar-refractivity contribution in [3.8, 4) is 0 Å². The molecule has 0 fully saturated rings. The van der Waals surface area contributed by atoms with Gasteiger partial charge in [0.25, 0.3) is 0 Å². The molecule has 3 rings (SSSR count). The fraction of sp³-hybridized carbons (Fsp3) is 0.500. The minimum atomic E-state index is 0.543. The van der Waals surface area contributed by atoms with Crippen LogP contribution in [0, 0.1) is 6.92 Å². The molecule has 0 aromatic carbocycles. The van der Waals surface area contributed by atoms with Crippen molar-refractivity contribution >= 4 is 17.1 Å². The predicted octanol–water partition coefficient (Wildman–Crippen LogP) is 0.825. The monoisotopic (exact) mass is 274 g/mol. The summed E-state index contributed by atoms with van der Waals surface area (Å²) in [5.74, 6) is 0.543. The second-order valence-electron chi connectivity index (χ2n) is 4.71. The molecule has 106 valence electrons. The number of hydrogen-bond acceptors (Lipinski definition) is 5. The zero-order valence-corrected chi connectivity index (χ0v) is 11.7. The van der Waals surface area contributed by atoms with Gasteiger partial charge in [0, 0.05) is 25.8 Å². The third kappa shape index (κ3) is 2.02. The molecule has 3 aromatic heterocycles. The molecule has 8 heteroatoms. The standard InChI is InChI=1S/C12H18N8/c1-3-20-11-10(9(2)16-20)15-12(13)19(11)7-4-6-18-8-5-14-17-18/h5,8H,3-4,6-7H2,1-2H3,(H2,13,15). The van der Waals surface area contributed by atoms with E-state index in [0.717, 1.165) is 42.9 Å². The zero-order chi connectivity index (χ0) is 14.1. The first-order valence-corrected chi connectivity index (χ1v) is 6.74. The molecule has 0 unspecified atom stereocenters. The molecule has 0 radical (unpaired) electrons. The summed E-state index contributed by atoms with van der Waals surface area (Å²) in [4.78, 5) is 4.42. The molecule has 3 aromatic rings. The van der Waals surface area contributed by atoms with Gasteiger partial charge in [-0.1, -0.05) is 5.21 Å². The van der Waals surface area contributed by atoms with Crippen molar-refractivity contribution in [3.05, 3.63) is 18.1 Å². The molecule has 0 bridgehead atoms. The fourth-order valence-corrected chi connectivity index (χ4v) is 2.43. The number of hydrogen-bond donors (Lipinski definition) is 1. The molecule has 0 aliphatic rings. The predicted molar refractivity (Wildman–Crippen MR) is 75.0 cm³/mol. The van der Waals surface area contributed by atoms with Crippen molar-refractivity contribution in [2.24, 2.45) is 0 Å². The maximum Gasteiger partial charge on any atom is 0.202 e. The topological polar surface area (TPSA) is 92.4 Å². The second kappa shape index (κ2) is 4.95. The summed E-state index contributed by atoms with van der Waals surface area (Å²) in [5, 5.41) is 12.2. The summed E-state index contributed by atoms with van der Waals surface area (Å²) in [6, 6.07) is 0. The molecule has 0 aliphatic carbocycles. The molecule has 0 amide bonds. The lowest BCUT2D eigenvalue weighted by atomic mass is 10.4. The maximum atomic E-state index is 6.03. The van der Waals surface area contributed by atoms with E-state index in [0.29, 0.717) is 5.95 Å². The molecular formula is C12H18N8. The number of aryl methyl sites for hydroxylation is 4. The summed E-state index contributed by atoms with van der Waals surface area (Å²) < 4.78 is 5.78. The van der Waals surface area contributed by atoms with Crippen LogP contribution in [0.4, 0.5) is 5.95 Å². The van der Waals surface area contributed by atoms with E-state index in [1.54, 1.807) is 6.20 Å². The Morgan fingerprint density at radius 2 is 2.15 bits per heavy atom. The van der Waals surface area contributed by atoms with Crippen molar-refractivity contribution in [2.45, 2.75) is 39.9 Å². The highest BCUT2D eigenvalue weighted by Crippen LogP contribution is 2.21. The Bertz CT molecular complexity index is 706. The third-order valence-corrected chi connectivity index (χ3v) is 3.37. The summed E-state index contributed by atoms with van der Waals surface area (Å²) in [5.41, 5.74) is 8.84. The van der Waals surface area contributed by atoms with Gasteiger partial charge in [-0.05, 0) is 20.3 Å². The molecule has 0 atom stereocenters. The fourth-order valence-electron chi connectivity index (χ4n) is 2.43. The molecule has 0 saturated heterocycles. The lowest BCUT2D eigenvalue weighted by Gasteiger charge is -2.07. The highest BCUT2D eigenvalue weighted by molar-refractivity contribution is 5.77. The van der Waals surface area contributed by atoms with Crippen molar-refractivity contribution in [1.29, 1.82) is 0 Å². The lowest BCUT2D eigenvalue weighted by Crippen LogP contribution is -2.10.